The second-order valence-corrected chi connectivity index (χ2v) is 2.62. The zero-order valence-electron chi connectivity index (χ0n) is 5.39. The van der Waals surface area contributed by atoms with E-state index in [4.69, 9.17) is 0 Å². The van der Waals surface area contributed by atoms with E-state index in [9.17, 15) is 4.39 Å². The van der Waals surface area contributed by atoms with Crippen LogP contribution in [0.4, 0.5) is 4.39 Å². The molecule has 0 aliphatic carbocycles. The van der Waals surface area contributed by atoms with Crippen molar-refractivity contribution in [3.63, 3.8) is 0 Å². The van der Waals surface area contributed by atoms with Crippen LogP contribution < -0.4 is 0 Å². The van der Waals surface area contributed by atoms with Gasteiger partial charge in [-0.05, 0) is 20.4 Å². The standard InChI is InChI=1S/C6H12FN/c1-5-3-6(7)4-8(5)2/h5-6H,3-4H2,1-2H3/t5-,6+/m1/s1. The first kappa shape index (κ1) is 6.02. The summed E-state index contributed by atoms with van der Waals surface area (Å²) < 4.78 is 12.4. The number of rotatable bonds is 0. The van der Waals surface area contributed by atoms with Crippen molar-refractivity contribution in [2.24, 2.45) is 0 Å². The molecule has 1 rings (SSSR count). The molecule has 1 nitrogen and oxygen atoms in total. The average molecular weight is 117 g/mol. The quantitative estimate of drug-likeness (QED) is 0.458. The van der Waals surface area contributed by atoms with Gasteiger partial charge in [-0.1, -0.05) is 0 Å². The fourth-order valence-electron chi connectivity index (χ4n) is 1.12. The number of alkyl halides is 1. The molecule has 0 N–H and O–H groups in total. The minimum atomic E-state index is -0.574. The fourth-order valence-corrected chi connectivity index (χ4v) is 1.12. The summed E-state index contributed by atoms with van der Waals surface area (Å²) in [5.74, 6) is 0. The van der Waals surface area contributed by atoms with Crippen LogP contribution in [-0.4, -0.2) is 30.7 Å². The van der Waals surface area contributed by atoms with E-state index in [0.717, 1.165) is 6.42 Å². The molecule has 1 fully saturated rings. The molecule has 8 heavy (non-hydrogen) atoms. The molecule has 0 amide bonds. The molecule has 1 saturated heterocycles. The third-order valence-corrected chi connectivity index (χ3v) is 1.84. The van der Waals surface area contributed by atoms with Crippen LogP contribution in [0.2, 0.25) is 0 Å². The summed E-state index contributed by atoms with van der Waals surface area (Å²) in [6.07, 6.45) is 0.145. The predicted molar refractivity (Wildman–Crippen MR) is 31.6 cm³/mol. The first-order valence-corrected chi connectivity index (χ1v) is 3.04. The minimum absolute atomic E-state index is 0.449. The van der Waals surface area contributed by atoms with Crippen LogP contribution in [0.25, 0.3) is 0 Å². The molecule has 0 aromatic heterocycles. The van der Waals surface area contributed by atoms with E-state index in [1.165, 1.54) is 0 Å². The van der Waals surface area contributed by atoms with Gasteiger partial charge < -0.3 is 4.90 Å². The second kappa shape index (κ2) is 2.02. The monoisotopic (exact) mass is 117 g/mol. The molecule has 0 aromatic rings. The smallest absolute Gasteiger partial charge is 0.114 e. The Morgan fingerprint density at radius 1 is 1.62 bits per heavy atom. The Labute approximate surface area is 49.5 Å². The summed E-state index contributed by atoms with van der Waals surface area (Å²) in [5.41, 5.74) is 0. The molecule has 0 bridgehead atoms. The fraction of sp³-hybridized carbons (Fsp3) is 1.00. The largest absolute Gasteiger partial charge is 0.301 e. The molecular weight excluding hydrogens is 105 g/mol. The van der Waals surface area contributed by atoms with Crippen molar-refractivity contribution in [3.05, 3.63) is 0 Å². The van der Waals surface area contributed by atoms with Gasteiger partial charge in [-0.2, -0.15) is 0 Å². The zero-order valence-corrected chi connectivity index (χ0v) is 5.39. The number of likely N-dealkylation sites (tertiary alicyclic amines) is 1. The van der Waals surface area contributed by atoms with E-state index in [-0.39, 0.29) is 0 Å². The van der Waals surface area contributed by atoms with Gasteiger partial charge in [0.05, 0.1) is 0 Å². The summed E-state index contributed by atoms with van der Waals surface area (Å²) >= 11 is 0. The van der Waals surface area contributed by atoms with E-state index in [0.29, 0.717) is 12.6 Å². The predicted octanol–water partition coefficient (Wildman–Crippen LogP) is 1.05. The molecule has 48 valence electrons. The summed E-state index contributed by atoms with van der Waals surface area (Å²) in [6, 6.07) is 0.449. The Bertz CT molecular complexity index is 74.6. The number of hydrogen-bond donors (Lipinski definition) is 0. The van der Waals surface area contributed by atoms with Crippen molar-refractivity contribution in [1.82, 2.24) is 4.90 Å². The van der Waals surface area contributed by atoms with E-state index in [1.807, 2.05) is 11.9 Å². The van der Waals surface area contributed by atoms with Gasteiger partial charge in [0.15, 0.2) is 0 Å². The molecular formula is C6H12FN. The zero-order chi connectivity index (χ0) is 6.15. The maximum absolute atomic E-state index is 12.4. The molecule has 1 aliphatic rings. The highest BCUT2D eigenvalue weighted by Crippen LogP contribution is 2.16. The highest BCUT2D eigenvalue weighted by molar-refractivity contribution is 4.79. The third-order valence-electron chi connectivity index (χ3n) is 1.84. The lowest BCUT2D eigenvalue weighted by atomic mass is 10.2. The second-order valence-electron chi connectivity index (χ2n) is 2.62. The van der Waals surface area contributed by atoms with E-state index >= 15 is 0 Å². The number of halogens is 1. The SMILES string of the molecule is C[C@@H]1C[C@H](F)CN1C. The van der Waals surface area contributed by atoms with Crippen LogP contribution in [0.3, 0.4) is 0 Å². The Morgan fingerprint density at radius 2 is 2.25 bits per heavy atom. The third kappa shape index (κ3) is 0.996. The van der Waals surface area contributed by atoms with Crippen LogP contribution in [0.15, 0.2) is 0 Å². The maximum Gasteiger partial charge on any atom is 0.114 e. The molecule has 0 radical (unpaired) electrons. The maximum atomic E-state index is 12.4. The Balaban J connectivity index is 2.39. The van der Waals surface area contributed by atoms with Crippen LogP contribution in [0.5, 0.6) is 0 Å². The molecule has 0 aromatic carbocycles. The van der Waals surface area contributed by atoms with Crippen molar-refractivity contribution in [2.45, 2.75) is 25.6 Å². The molecule has 1 aliphatic heterocycles. The van der Waals surface area contributed by atoms with Gasteiger partial charge in [-0.3, -0.25) is 0 Å². The summed E-state index contributed by atoms with van der Waals surface area (Å²) in [6.45, 7) is 2.68. The minimum Gasteiger partial charge on any atom is -0.301 e. The lowest BCUT2D eigenvalue weighted by Crippen LogP contribution is -2.21. The van der Waals surface area contributed by atoms with Gasteiger partial charge in [0.2, 0.25) is 0 Å². The van der Waals surface area contributed by atoms with Gasteiger partial charge in [-0.25, -0.2) is 4.39 Å². The molecule has 0 spiro atoms. The lowest BCUT2D eigenvalue weighted by molar-refractivity contribution is 0.303. The Hall–Kier alpha value is -0.110. The van der Waals surface area contributed by atoms with Crippen LogP contribution >= 0.6 is 0 Å². The summed E-state index contributed by atoms with van der Waals surface area (Å²) in [4.78, 5) is 2.05. The molecule has 0 unspecified atom stereocenters. The summed E-state index contributed by atoms with van der Waals surface area (Å²) in [7, 11) is 1.96. The van der Waals surface area contributed by atoms with Crippen LogP contribution in [0, 0.1) is 0 Å². The van der Waals surface area contributed by atoms with Gasteiger partial charge in [0.1, 0.15) is 6.17 Å². The van der Waals surface area contributed by atoms with Gasteiger partial charge in [-0.15, -0.1) is 0 Å². The van der Waals surface area contributed by atoms with Gasteiger partial charge in [0, 0.05) is 12.6 Å². The van der Waals surface area contributed by atoms with Crippen molar-refractivity contribution >= 4 is 0 Å². The van der Waals surface area contributed by atoms with Crippen molar-refractivity contribution in [3.8, 4) is 0 Å². The normalized spacial score (nSPS) is 40.9. The molecule has 2 atom stereocenters. The number of hydrogen-bond acceptors (Lipinski definition) is 1. The van der Waals surface area contributed by atoms with E-state index in [2.05, 4.69) is 6.92 Å². The summed E-state index contributed by atoms with van der Waals surface area (Å²) in [5, 5.41) is 0. The average Bonchev–Trinajstić information content (AvgIpc) is 1.85. The Kier molecular flexibility index (Phi) is 1.52. The molecule has 0 saturated carbocycles. The van der Waals surface area contributed by atoms with E-state index < -0.39 is 6.17 Å². The molecule has 2 heteroatoms. The van der Waals surface area contributed by atoms with Gasteiger partial charge in [0.25, 0.3) is 0 Å². The van der Waals surface area contributed by atoms with Crippen molar-refractivity contribution in [2.75, 3.05) is 13.6 Å². The first-order chi connectivity index (χ1) is 3.70. The van der Waals surface area contributed by atoms with Crippen LogP contribution in [-0.2, 0) is 0 Å². The van der Waals surface area contributed by atoms with E-state index in [1.54, 1.807) is 0 Å². The topological polar surface area (TPSA) is 3.24 Å². The van der Waals surface area contributed by atoms with Crippen molar-refractivity contribution < 1.29 is 4.39 Å². The van der Waals surface area contributed by atoms with Crippen LogP contribution in [0.1, 0.15) is 13.3 Å². The highest BCUT2D eigenvalue weighted by atomic mass is 19.1. The van der Waals surface area contributed by atoms with Gasteiger partial charge >= 0.3 is 0 Å². The first-order valence-electron chi connectivity index (χ1n) is 3.04. The number of nitrogens with zero attached hydrogens (tertiary/aromatic N) is 1. The Morgan fingerprint density at radius 3 is 2.38 bits per heavy atom. The molecule has 1 heterocycles. The highest BCUT2D eigenvalue weighted by Gasteiger charge is 2.24. The lowest BCUT2D eigenvalue weighted by Gasteiger charge is -2.11. The van der Waals surface area contributed by atoms with Crippen molar-refractivity contribution in [1.29, 1.82) is 0 Å².